The summed E-state index contributed by atoms with van der Waals surface area (Å²) in [6, 6.07) is 8.83. The van der Waals surface area contributed by atoms with Gasteiger partial charge in [-0.3, -0.25) is 4.84 Å². The number of aromatic carboxylic acids is 1. The summed E-state index contributed by atoms with van der Waals surface area (Å²) in [5.74, 6) is -1.33. The Morgan fingerprint density at radius 3 is 2.35 bits per heavy atom. The van der Waals surface area contributed by atoms with Gasteiger partial charge in [0.1, 0.15) is 22.0 Å². The predicted molar refractivity (Wildman–Crippen MR) is 81.3 cm³/mol. The number of aryl methyl sites for hydroxylation is 2. The van der Waals surface area contributed by atoms with E-state index in [0.717, 1.165) is 4.47 Å². The molecule has 0 saturated heterocycles. The van der Waals surface area contributed by atoms with Crippen LogP contribution in [0.15, 0.2) is 39.6 Å². The molecule has 0 radical (unpaired) electrons. The van der Waals surface area contributed by atoms with Gasteiger partial charge in [0.05, 0.1) is 13.7 Å². The molecule has 0 atom stereocenters. The fourth-order valence-electron chi connectivity index (χ4n) is 2.30. The summed E-state index contributed by atoms with van der Waals surface area (Å²) < 4.78 is 31.5. The molecule has 1 aromatic carbocycles. The minimum atomic E-state index is -4.20. The van der Waals surface area contributed by atoms with Gasteiger partial charge in [-0.25, -0.2) is 13.2 Å². The molecule has 0 amide bonds. The van der Waals surface area contributed by atoms with E-state index in [1.165, 1.54) is 21.0 Å². The number of sulfonamides is 1. The van der Waals surface area contributed by atoms with Gasteiger partial charge in [0, 0.05) is 0 Å². The molecule has 0 aliphatic carbocycles. The minimum absolute atomic E-state index is 0.00927. The molecule has 0 spiro atoms. The second kappa shape index (κ2) is 6.53. The Labute approximate surface area is 134 Å². The smallest absolute Gasteiger partial charge is 0.340 e. The van der Waals surface area contributed by atoms with E-state index in [1.54, 1.807) is 30.3 Å². The molecule has 0 saturated carbocycles. The number of carboxylic acids is 1. The van der Waals surface area contributed by atoms with E-state index in [9.17, 15) is 18.3 Å². The van der Waals surface area contributed by atoms with Gasteiger partial charge >= 0.3 is 5.97 Å². The van der Waals surface area contributed by atoms with E-state index >= 15 is 0 Å². The van der Waals surface area contributed by atoms with Gasteiger partial charge in [-0.15, -0.1) is 0 Å². The quantitative estimate of drug-likeness (QED) is 0.811. The SMILES string of the molecule is CON(Cc1ccccc1)S(=O)(=O)c1c(C)oc(C)c1C(=O)O. The number of benzene rings is 1. The van der Waals surface area contributed by atoms with Crippen LogP contribution in [0.25, 0.3) is 0 Å². The lowest BCUT2D eigenvalue weighted by Crippen LogP contribution is -2.31. The Balaban J connectivity index is 2.50. The number of rotatable bonds is 6. The lowest BCUT2D eigenvalue weighted by molar-refractivity contribution is -0.0557. The molecule has 23 heavy (non-hydrogen) atoms. The zero-order valence-corrected chi connectivity index (χ0v) is 13.8. The van der Waals surface area contributed by atoms with Crippen LogP contribution >= 0.6 is 0 Å². The van der Waals surface area contributed by atoms with E-state index < -0.39 is 16.0 Å². The summed E-state index contributed by atoms with van der Waals surface area (Å²) in [4.78, 5) is 16.0. The third kappa shape index (κ3) is 3.29. The van der Waals surface area contributed by atoms with Crippen LogP contribution in [-0.2, 0) is 21.4 Å². The first-order valence-electron chi connectivity index (χ1n) is 6.73. The van der Waals surface area contributed by atoms with Crippen molar-refractivity contribution in [3.05, 3.63) is 53.0 Å². The summed E-state index contributed by atoms with van der Waals surface area (Å²) >= 11 is 0. The van der Waals surface area contributed by atoms with Gasteiger partial charge in [0.15, 0.2) is 0 Å². The van der Waals surface area contributed by atoms with Crippen LogP contribution in [0.2, 0.25) is 0 Å². The van der Waals surface area contributed by atoms with Crippen LogP contribution in [0.1, 0.15) is 27.4 Å². The second-order valence-electron chi connectivity index (χ2n) is 4.86. The number of hydrogen-bond acceptors (Lipinski definition) is 5. The standard InChI is InChI=1S/C15H17NO6S/c1-10-13(15(17)18)14(11(2)22-10)23(19,20)16(21-3)9-12-7-5-4-6-8-12/h4-8H,9H2,1-3H3,(H,17,18). The zero-order chi connectivity index (χ0) is 17.2. The number of hydroxylamine groups is 1. The van der Waals surface area contributed by atoms with Crippen molar-refractivity contribution in [1.29, 1.82) is 0 Å². The number of carbonyl (C=O) groups is 1. The molecule has 124 valence electrons. The number of nitrogens with zero attached hydrogens (tertiary/aromatic N) is 1. The molecule has 1 heterocycles. The van der Waals surface area contributed by atoms with Crippen LogP contribution < -0.4 is 0 Å². The Morgan fingerprint density at radius 2 is 1.83 bits per heavy atom. The van der Waals surface area contributed by atoms with Crippen LogP contribution in [0.4, 0.5) is 0 Å². The van der Waals surface area contributed by atoms with Crippen LogP contribution in [-0.4, -0.2) is 31.1 Å². The second-order valence-corrected chi connectivity index (χ2v) is 6.62. The van der Waals surface area contributed by atoms with Crippen molar-refractivity contribution in [3.8, 4) is 0 Å². The van der Waals surface area contributed by atoms with E-state index in [2.05, 4.69) is 0 Å². The van der Waals surface area contributed by atoms with Crippen molar-refractivity contribution in [2.75, 3.05) is 7.11 Å². The maximum atomic E-state index is 12.8. The van der Waals surface area contributed by atoms with Crippen molar-refractivity contribution in [3.63, 3.8) is 0 Å². The van der Waals surface area contributed by atoms with Crippen LogP contribution in [0.3, 0.4) is 0 Å². The molecule has 0 aliphatic rings. The highest BCUT2D eigenvalue weighted by Gasteiger charge is 2.35. The third-order valence-electron chi connectivity index (χ3n) is 3.30. The Hall–Kier alpha value is -2.16. The summed E-state index contributed by atoms with van der Waals surface area (Å²) in [5, 5.41) is 9.28. The first-order valence-corrected chi connectivity index (χ1v) is 8.17. The van der Waals surface area contributed by atoms with Gasteiger partial charge in [0.2, 0.25) is 0 Å². The molecule has 2 rings (SSSR count). The normalized spacial score (nSPS) is 11.8. The highest BCUT2D eigenvalue weighted by atomic mass is 32.2. The molecular formula is C15H17NO6S. The van der Waals surface area contributed by atoms with Crippen LogP contribution in [0.5, 0.6) is 0 Å². The highest BCUT2D eigenvalue weighted by Crippen LogP contribution is 2.30. The Morgan fingerprint density at radius 1 is 1.22 bits per heavy atom. The van der Waals surface area contributed by atoms with Crippen molar-refractivity contribution in [2.45, 2.75) is 25.3 Å². The first kappa shape index (κ1) is 17.2. The molecule has 0 bridgehead atoms. The predicted octanol–water partition coefficient (Wildman–Crippen LogP) is 2.35. The monoisotopic (exact) mass is 339 g/mol. The Bertz CT molecular complexity index is 810. The Kier molecular flexibility index (Phi) is 4.88. The van der Waals surface area contributed by atoms with E-state index in [4.69, 9.17) is 9.25 Å². The molecule has 0 unspecified atom stereocenters. The van der Waals surface area contributed by atoms with Gasteiger partial charge in [-0.2, -0.15) is 0 Å². The van der Waals surface area contributed by atoms with Crippen molar-refractivity contribution >= 4 is 16.0 Å². The number of furan rings is 1. The summed E-state index contributed by atoms with van der Waals surface area (Å²) in [6.45, 7) is 2.76. The fourth-order valence-corrected chi connectivity index (χ4v) is 3.92. The molecule has 2 aromatic rings. The van der Waals surface area contributed by atoms with E-state index in [0.29, 0.717) is 5.56 Å². The topological polar surface area (TPSA) is 97.0 Å². The molecule has 7 nitrogen and oxygen atoms in total. The summed E-state index contributed by atoms with van der Waals surface area (Å²) in [5.41, 5.74) is 0.324. The number of hydrogen-bond donors (Lipinski definition) is 1. The van der Waals surface area contributed by atoms with Gasteiger partial charge in [-0.05, 0) is 19.4 Å². The zero-order valence-electron chi connectivity index (χ0n) is 12.9. The average molecular weight is 339 g/mol. The third-order valence-corrected chi connectivity index (χ3v) is 5.12. The lowest BCUT2D eigenvalue weighted by Gasteiger charge is -2.19. The van der Waals surface area contributed by atoms with Crippen molar-refractivity contribution < 1.29 is 27.6 Å². The van der Waals surface area contributed by atoms with Gasteiger partial charge in [-0.1, -0.05) is 34.8 Å². The average Bonchev–Trinajstić information content (AvgIpc) is 2.80. The summed E-state index contributed by atoms with van der Waals surface area (Å²) in [6.07, 6.45) is 0. The molecule has 0 aliphatic heterocycles. The van der Waals surface area contributed by atoms with E-state index in [1.807, 2.05) is 0 Å². The maximum absolute atomic E-state index is 12.8. The van der Waals surface area contributed by atoms with Crippen molar-refractivity contribution in [1.82, 2.24) is 4.47 Å². The fraction of sp³-hybridized carbons (Fsp3) is 0.267. The number of carboxylic acid groups (broad SMARTS) is 1. The van der Waals surface area contributed by atoms with Crippen LogP contribution in [0, 0.1) is 13.8 Å². The molecule has 0 fully saturated rings. The minimum Gasteiger partial charge on any atom is -0.478 e. The molecule has 1 N–H and O–H groups in total. The lowest BCUT2D eigenvalue weighted by atomic mass is 10.2. The van der Waals surface area contributed by atoms with Gasteiger partial charge < -0.3 is 9.52 Å². The molecule has 1 aromatic heterocycles. The van der Waals surface area contributed by atoms with Crippen molar-refractivity contribution in [2.24, 2.45) is 0 Å². The summed E-state index contributed by atoms with van der Waals surface area (Å²) in [7, 11) is -2.99. The largest absolute Gasteiger partial charge is 0.478 e. The maximum Gasteiger partial charge on any atom is 0.340 e. The molecule has 8 heteroatoms. The molecular weight excluding hydrogens is 322 g/mol. The van der Waals surface area contributed by atoms with E-state index in [-0.39, 0.29) is 28.5 Å². The van der Waals surface area contributed by atoms with Gasteiger partial charge in [0.25, 0.3) is 10.0 Å². The first-order chi connectivity index (χ1) is 10.8. The highest BCUT2D eigenvalue weighted by molar-refractivity contribution is 7.89.